The summed E-state index contributed by atoms with van der Waals surface area (Å²) in [5.74, 6) is 0. The standard InChI is InChI=1S/C10H18O/c1-9(2)6-5-7-10(3,4)8-11/h6,8H,5,7H2,1-4H3. The van der Waals surface area contributed by atoms with Gasteiger partial charge in [-0.2, -0.15) is 0 Å². The molecule has 0 saturated heterocycles. The van der Waals surface area contributed by atoms with Gasteiger partial charge in [0.1, 0.15) is 6.29 Å². The molecule has 0 aliphatic rings. The van der Waals surface area contributed by atoms with Gasteiger partial charge in [0.2, 0.25) is 0 Å². The van der Waals surface area contributed by atoms with Crippen molar-refractivity contribution in [2.24, 2.45) is 5.41 Å². The van der Waals surface area contributed by atoms with Gasteiger partial charge in [0.15, 0.2) is 0 Å². The van der Waals surface area contributed by atoms with E-state index in [1.54, 1.807) is 0 Å². The molecule has 0 atom stereocenters. The van der Waals surface area contributed by atoms with Crippen molar-refractivity contribution in [3.8, 4) is 0 Å². The molecule has 0 aromatic carbocycles. The number of carbonyl (C=O) groups is 1. The first-order chi connectivity index (χ1) is 4.98. The van der Waals surface area contributed by atoms with E-state index in [1.807, 2.05) is 13.8 Å². The minimum absolute atomic E-state index is 0.147. The largest absolute Gasteiger partial charge is 0.303 e. The maximum absolute atomic E-state index is 10.5. The molecule has 0 N–H and O–H groups in total. The second-order valence-corrected chi connectivity index (χ2v) is 3.93. The molecule has 0 aliphatic heterocycles. The van der Waals surface area contributed by atoms with Crippen molar-refractivity contribution in [2.45, 2.75) is 40.5 Å². The van der Waals surface area contributed by atoms with Crippen LogP contribution in [0.3, 0.4) is 0 Å². The molecule has 0 heterocycles. The highest BCUT2D eigenvalue weighted by atomic mass is 16.1. The molecule has 0 radical (unpaired) electrons. The maximum atomic E-state index is 10.5. The summed E-state index contributed by atoms with van der Waals surface area (Å²) in [7, 11) is 0. The molecule has 0 fully saturated rings. The molecule has 0 rings (SSSR count). The van der Waals surface area contributed by atoms with Crippen LogP contribution in [-0.2, 0) is 4.79 Å². The van der Waals surface area contributed by atoms with Crippen molar-refractivity contribution in [3.63, 3.8) is 0 Å². The van der Waals surface area contributed by atoms with E-state index in [0.29, 0.717) is 0 Å². The highest BCUT2D eigenvalue weighted by Crippen LogP contribution is 2.19. The number of hydrogen-bond donors (Lipinski definition) is 0. The third-order valence-corrected chi connectivity index (χ3v) is 1.66. The number of rotatable bonds is 4. The van der Waals surface area contributed by atoms with E-state index in [2.05, 4.69) is 19.9 Å². The summed E-state index contributed by atoms with van der Waals surface area (Å²) in [5, 5.41) is 0. The molecular formula is C10H18O. The smallest absolute Gasteiger partial charge is 0.125 e. The van der Waals surface area contributed by atoms with Crippen LogP contribution < -0.4 is 0 Å². The van der Waals surface area contributed by atoms with Crippen LogP contribution in [0.1, 0.15) is 40.5 Å². The second kappa shape index (κ2) is 4.32. The Kier molecular flexibility index (Phi) is 4.09. The Balaban J connectivity index is 3.71. The Morgan fingerprint density at radius 3 is 2.27 bits per heavy atom. The predicted molar refractivity (Wildman–Crippen MR) is 48.5 cm³/mol. The lowest BCUT2D eigenvalue weighted by Crippen LogP contribution is -2.11. The molecule has 1 nitrogen and oxygen atoms in total. The summed E-state index contributed by atoms with van der Waals surface area (Å²) in [6.45, 7) is 8.10. The second-order valence-electron chi connectivity index (χ2n) is 3.93. The summed E-state index contributed by atoms with van der Waals surface area (Å²) < 4.78 is 0. The topological polar surface area (TPSA) is 17.1 Å². The van der Waals surface area contributed by atoms with Crippen LogP contribution >= 0.6 is 0 Å². The van der Waals surface area contributed by atoms with Crippen LogP contribution in [0.5, 0.6) is 0 Å². The van der Waals surface area contributed by atoms with Gasteiger partial charge in [-0.1, -0.05) is 25.5 Å². The van der Waals surface area contributed by atoms with Gasteiger partial charge in [0.05, 0.1) is 0 Å². The van der Waals surface area contributed by atoms with Crippen LogP contribution in [0.15, 0.2) is 11.6 Å². The molecule has 0 saturated carbocycles. The van der Waals surface area contributed by atoms with Gasteiger partial charge < -0.3 is 4.79 Å². The molecule has 0 aromatic rings. The Labute approximate surface area is 69.5 Å². The molecule has 0 bridgehead atoms. The van der Waals surface area contributed by atoms with Crippen LogP contribution in [0.2, 0.25) is 0 Å². The third-order valence-electron chi connectivity index (χ3n) is 1.66. The van der Waals surface area contributed by atoms with Crippen molar-refractivity contribution in [1.29, 1.82) is 0 Å². The van der Waals surface area contributed by atoms with Crippen LogP contribution in [0.4, 0.5) is 0 Å². The van der Waals surface area contributed by atoms with Crippen molar-refractivity contribution in [2.75, 3.05) is 0 Å². The van der Waals surface area contributed by atoms with Crippen LogP contribution in [0.25, 0.3) is 0 Å². The fourth-order valence-electron chi connectivity index (χ4n) is 0.792. The normalized spacial score (nSPS) is 10.9. The maximum Gasteiger partial charge on any atom is 0.125 e. The lowest BCUT2D eigenvalue weighted by Gasteiger charge is -2.14. The van der Waals surface area contributed by atoms with E-state index >= 15 is 0 Å². The highest BCUT2D eigenvalue weighted by molar-refractivity contribution is 5.57. The summed E-state index contributed by atoms with van der Waals surface area (Å²) in [6, 6.07) is 0. The van der Waals surface area contributed by atoms with Crippen molar-refractivity contribution in [1.82, 2.24) is 0 Å². The molecule has 0 unspecified atom stereocenters. The predicted octanol–water partition coefficient (Wildman–Crippen LogP) is 2.96. The minimum Gasteiger partial charge on any atom is -0.303 e. The lowest BCUT2D eigenvalue weighted by atomic mass is 9.89. The zero-order valence-electron chi connectivity index (χ0n) is 7.98. The average molecular weight is 154 g/mol. The van der Waals surface area contributed by atoms with Gasteiger partial charge in [-0.3, -0.25) is 0 Å². The van der Waals surface area contributed by atoms with Gasteiger partial charge in [-0.05, 0) is 26.7 Å². The zero-order chi connectivity index (χ0) is 8.91. The zero-order valence-corrected chi connectivity index (χ0v) is 7.98. The summed E-state index contributed by atoms with van der Waals surface area (Å²) >= 11 is 0. The Hall–Kier alpha value is -0.590. The first-order valence-electron chi connectivity index (χ1n) is 4.07. The van der Waals surface area contributed by atoms with E-state index < -0.39 is 0 Å². The highest BCUT2D eigenvalue weighted by Gasteiger charge is 2.14. The van der Waals surface area contributed by atoms with E-state index in [9.17, 15) is 4.79 Å². The van der Waals surface area contributed by atoms with Gasteiger partial charge in [0.25, 0.3) is 0 Å². The summed E-state index contributed by atoms with van der Waals surface area (Å²) in [4.78, 5) is 10.5. The van der Waals surface area contributed by atoms with Gasteiger partial charge in [0, 0.05) is 5.41 Å². The Morgan fingerprint density at radius 2 is 1.91 bits per heavy atom. The minimum atomic E-state index is -0.147. The third kappa shape index (κ3) is 5.84. The van der Waals surface area contributed by atoms with Crippen molar-refractivity contribution >= 4 is 6.29 Å². The molecule has 64 valence electrons. The Bertz CT molecular complexity index is 150. The monoisotopic (exact) mass is 154 g/mol. The molecule has 0 spiro atoms. The van der Waals surface area contributed by atoms with E-state index in [1.165, 1.54) is 5.57 Å². The summed E-state index contributed by atoms with van der Waals surface area (Å²) in [6.07, 6.45) is 5.16. The lowest BCUT2D eigenvalue weighted by molar-refractivity contribution is -0.114. The van der Waals surface area contributed by atoms with E-state index in [4.69, 9.17) is 0 Å². The fraction of sp³-hybridized carbons (Fsp3) is 0.700. The molecule has 1 heteroatoms. The Morgan fingerprint density at radius 1 is 1.36 bits per heavy atom. The number of aldehydes is 1. The molecule has 0 aliphatic carbocycles. The number of carbonyl (C=O) groups excluding carboxylic acids is 1. The number of hydrogen-bond acceptors (Lipinski definition) is 1. The molecular weight excluding hydrogens is 136 g/mol. The van der Waals surface area contributed by atoms with Gasteiger partial charge in [-0.15, -0.1) is 0 Å². The molecule has 11 heavy (non-hydrogen) atoms. The number of allylic oxidation sites excluding steroid dienone is 2. The SMILES string of the molecule is CC(C)=CCCC(C)(C)C=O. The van der Waals surface area contributed by atoms with E-state index in [0.717, 1.165) is 19.1 Å². The molecule has 0 aromatic heterocycles. The first-order valence-corrected chi connectivity index (χ1v) is 4.07. The van der Waals surface area contributed by atoms with Crippen molar-refractivity contribution in [3.05, 3.63) is 11.6 Å². The fourth-order valence-corrected chi connectivity index (χ4v) is 0.792. The van der Waals surface area contributed by atoms with Gasteiger partial charge in [-0.25, -0.2) is 0 Å². The van der Waals surface area contributed by atoms with Crippen LogP contribution in [0, 0.1) is 5.41 Å². The van der Waals surface area contributed by atoms with Crippen LogP contribution in [-0.4, -0.2) is 6.29 Å². The molecule has 0 amide bonds. The van der Waals surface area contributed by atoms with Crippen molar-refractivity contribution < 1.29 is 4.79 Å². The average Bonchev–Trinajstić information content (AvgIpc) is 1.87. The summed E-state index contributed by atoms with van der Waals surface area (Å²) in [5.41, 5.74) is 1.18. The quantitative estimate of drug-likeness (QED) is 0.449. The first kappa shape index (κ1) is 10.4. The van der Waals surface area contributed by atoms with E-state index in [-0.39, 0.29) is 5.41 Å². The van der Waals surface area contributed by atoms with Gasteiger partial charge >= 0.3 is 0 Å².